The van der Waals surface area contributed by atoms with Crippen molar-refractivity contribution >= 4 is 16.7 Å². The molecule has 1 aliphatic heterocycles. The van der Waals surface area contributed by atoms with Crippen LogP contribution in [0.3, 0.4) is 0 Å². The first kappa shape index (κ1) is 18.8. The van der Waals surface area contributed by atoms with E-state index < -0.39 is 0 Å². The van der Waals surface area contributed by atoms with E-state index in [1.54, 1.807) is 23.4 Å². The summed E-state index contributed by atoms with van der Waals surface area (Å²) in [5.41, 5.74) is 3.71. The molecular formula is C24H18N10. The van der Waals surface area contributed by atoms with Crippen molar-refractivity contribution in [3.8, 4) is 23.0 Å². The van der Waals surface area contributed by atoms with Crippen molar-refractivity contribution in [3.05, 3.63) is 85.1 Å². The van der Waals surface area contributed by atoms with Crippen LogP contribution in [0.2, 0.25) is 0 Å². The molecule has 5 heterocycles. The van der Waals surface area contributed by atoms with E-state index in [2.05, 4.69) is 54.2 Å². The molecule has 1 atom stereocenters. The number of nitrogens with zero attached hydrogens (tertiary/aromatic N) is 10. The normalized spacial score (nSPS) is 16.2. The smallest absolute Gasteiger partial charge is 0.254 e. The first-order chi connectivity index (χ1) is 16.8. The molecule has 10 heteroatoms. The van der Waals surface area contributed by atoms with E-state index in [1.165, 1.54) is 6.33 Å². The Hall–Kier alpha value is -4.73. The Morgan fingerprint density at radius 2 is 2.00 bits per heavy atom. The molecule has 1 aliphatic carbocycles. The van der Waals surface area contributed by atoms with Crippen LogP contribution in [-0.2, 0) is 0 Å². The summed E-state index contributed by atoms with van der Waals surface area (Å²) < 4.78 is 3.64. The molecule has 34 heavy (non-hydrogen) atoms. The highest BCUT2D eigenvalue weighted by Crippen LogP contribution is 2.41. The van der Waals surface area contributed by atoms with Crippen LogP contribution in [0.1, 0.15) is 25.2 Å². The van der Waals surface area contributed by atoms with Crippen molar-refractivity contribution < 1.29 is 0 Å². The lowest BCUT2D eigenvalue weighted by Crippen LogP contribution is -2.35. The summed E-state index contributed by atoms with van der Waals surface area (Å²) in [5.74, 6) is 2.74. The maximum atomic E-state index is 4.99. The molecule has 7 rings (SSSR count). The van der Waals surface area contributed by atoms with Gasteiger partial charge in [-0.25, -0.2) is 9.97 Å². The van der Waals surface area contributed by atoms with E-state index in [0.29, 0.717) is 11.8 Å². The molecule has 0 spiro atoms. The second kappa shape index (κ2) is 7.14. The predicted octanol–water partition coefficient (Wildman–Crippen LogP) is 3.58. The van der Waals surface area contributed by atoms with Crippen molar-refractivity contribution in [3.63, 3.8) is 0 Å². The van der Waals surface area contributed by atoms with Crippen LogP contribution in [0, 0.1) is 0 Å². The standard InChI is InChI=1S/C24H18N10/c1-2-19-23-31-28-14-32(23)20-12-26-24(30-22(20)33(19)15-6-3-7-15)34-21(27-13-29-34)17-8-4-10-18-16(17)9-5-11-25-18/h3-14,19H,2H2,1H3/t19-/m1/s1. The van der Waals surface area contributed by atoms with E-state index in [0.717, 1.165) is 45.9 Å². The summed E-state index contributed by atoms with van der Waals surface area (Å²) in [7, 11) is 0. The average molecular weight is 446 g/mol. The highest BCUT2D eigenvalue weighted by atomic mass is 15.4. The molecule has 0 saturated heterocycles. The van der Waals surface area contributed by atoms with E-state index in [1.807, 2.05) is 41.0 Å². The quantitative estimate of drug-likeness (QED) is 0.413. The zero-order valence-corrected chi connectivity index (χ0v) is 18.2. The number of aromatic nitrogens is 9. The highest BCUT2D eigenvalue weighted by Gasteiger charge is 2.36. The Morgan fingerprint density at radius 3 is 2.85 bits per heavy atom. The van der Waals surface area contributed by atoms with Gasteiger partial charge in [0.2, 0.25) is 0 Å². The number of anilines is 1. The number of rotatable bonds is 4. The Balaban J connectivity index is 1.42. The Morgan fingerprint density at radius 1 is 1.06 bits per heavy atom. The third-order valence-corrected chi connectivity index (χ3v) is 6.23. The fraction of sp³-hybridized carbons (Fsp3) is 0.125. The third-order valence-electron chi connectivity index (χ3n) is 6.23. The Labute approximate surface area is 194 Å². The SMILES string of the molecule is CC[C@@H]1c2nncn2-c2cnc(-n3ncnc3-c3cccc4ncccc34)nc2N1C1=CC=C1. The monoisotopic (exact) mass is 446 g/mol. The number of pyridine rings is 1. The minimum Gasteiger partial charge on any atom is -0.314 e. The van der Waals surface area contributed by atoms with Gasteiger partial charge in [0.1, 0.15) is 18.3 Å². The second-order valence-corrected chi connectivity index (χ2v) is 8.05. The number of benzene rings is 1. The summed E-state index contributed by atoms with van der Waals surface area (Å²) in [6.07, 6.45) is 13.8. The van der Waals surface area contributed by atoms with E-state index in [-0.39, 0.29) is 6.04 Å². The Kier molecular flexibility index (Phi) is 3.95. The van der Waals surface area contributed by atoms with Crippen molar-refractivity contribution in [1.29, 1.82) is 0 Å². The number of hydrogen-bond acceptors (Lipinski definition) is 8. The number of allylic oxidation sites excluding steroid dienone is 3. The minimum atomic E-state index is 0.00769. The molecular weight excluding hydrogens is 428 g/mol. The van der Waals surface area contributed by atoms with Crippen molar-refractivity contribution in [2.45, 2.75) is 19.4 Å². The van der Waals surface area contributed by atoms with Gasteiger partial charge in [-0.3, -0.25) is 9.55 Å². The molecule has 0 saturated carbocycles. The van der Waals surface area contributed by atoms with Crippen LogP contribution in [0.4, 0.5) is 5.82 Å². The molecule has 0 amide bonds. The molecule has 0 unspecified atom stereocenters. The lowest BCUT2D eigenvalue weighted by atomic mass is 10.1. The van der Waals surface area contributed by atoms with Gasteiger partial charge in [-0.05, 0) is 30.7 Å². The zero-order valence-electron chi connectivity index (χ0n) is 18.2. The molecule has 5 aromatic rings. The van der Waals surface area contributed by atoms with Crippen LogP contribution >= 0.6 is 0 Å². The molecule has 0 bridgehead atoms. The molecule has 0 fully saturated rings. The van der Waals surface area contributed by atoms with Crippen LogP contribution in [0.15, 0.2) is 79.3 Å². The first-order valence-corrected chi connectivity index (χ1v) is 11.0. The summed E-state index contributed by atoms with van der Waals surface area (Å²) in [4.78, 5) is 20.9. The minimum absolute atomic E-state index is 0.00769. The van der Waals surface area contributed by atoms with E-state index in [4.69, 9.17) is 4.98 Å². The van der Waals surface area contributed by atoms with E-state index in [9.17, 15) is 0 Å². The topological polar surface area (TPSA) is 103 Å². The zero-order chi connectivity index (χ0) is 22.6. The van der Waals surface area contributed by atoms with Crippen molar-refractivity contribution in [1.82, 2.24) is 44.5 Å². The maximum absolute atomic E-state index is 4.99. The fourth-order valence-electron chi connectivity index (χ4n) is 4.61. The van der Waals surface area contributed by atoms with Crippen molar-refractivity contribution in [2.75, 3.05) is 4.90 Å². The van der Waals surface area contributed by atoms with Crippen LogP contribution < -0.4 is 4.90 Å². The third kappa shape index (κ3) is 2.59. The van der Waals surface area contributed by atoms with Gasteiger partial charge in [-0.2, -0.15) is 14.8 Å². The largest absolute Gasteiger partial charge is 0.314 e. The van der Waals surface area contributed by atoms with Gasteiger partial charge in [-0.1, -0.05) is 31.2 Å². The summed E-state index contributed by atoms with van der Waals surface area (Å²) in [5, 5.41) is 14.0. The molecule has 2 aliphatic rings. The lowest BCUT2D eigenvalue weighted by Gasteiger charge is -2.38. The van der Waals surface area contributed by atoms with Crippen LogP contribution in [0.5, 0.6) is 0 Å². The molecule has 164 valence electrons. The summed E-state index contributed by atoms with van der Waals surface area (Å²) in [6.45, 7) is 2.14. The van der Waals surface area contributed by atoms with Gasteiger partial charge < -0.3 is 4.90 Å². The molecule has 0 N–H and O–H groups in total. The summed E-state index contributed by atoms with van der Waals surface area (Å²) in [6, 6.07) is 9.91. The van der Waals surface area contributed by atoms with Gasteiger partial charge in [0.05, 0.1) is 17.8 Å². The van der Waals surface area contributed by atoms with E-state index >= 15 is 0 Å². The second-order valence-electron chi connectivity index (χ2n) is 8.05. The average Bonchev–Trinajstić information content (AvgIpc) is 3.53. The molecule has 1 aromatic carbocycles. The maximum Gasteiger partial charge on any atom is 0.254 e. The van der Waals surface area contributed by atoms with Gasteiger partial charge in [-0.15, -0.1) is 10.2 Å². The predicted molar refractivity (Wildman–Crippen MR) is 125 cm³/mol. The summed E-state index contributed by atoms with van der Waals surface area (Å²) >= 11 is 0. The number of hydrogen-bond donors (Lipinski definition) is 0. The first-order valence-electron chi connectivity index (χ1n) is 11.0. The lowest BCUT2D eigenvalue weighted by molar-refractivity contribution is 0.573. The fourth-order valence-corrected chi connectivity index (χ4v) is 4.61. The van der Waals surface area contributed by atoms with Gasteiger partial charge in [0.15, 0.2) is 17.5 Å². The van der Waals surface area contributed by atoms with Gasteiger partial charge >= 0.3 is 0 Å². The van der Waals surface area contributed by atoms with Crippen molar-refractivity contribution in [2.24, 2.45) is 0 Å². The molecule has 0 radical (unpaired) electrons. The number of fused-ring (bicyclic) bond motifs is 4. The Bertz CT molecular complexity index is 1620. The van der Waals surface area contributed by atoms with Gasteiger partial charge in [0.25, 0.3) is 5.95 Å². The molecule has 10 nitrogen and oxygen atoms in total. The van der Waals surface area contributed by atoms with Gasteiger partial charge in [0, 0.05) is 22.8 Å². The highest BCUT2D eigenvalue weighted by molar-refractivity contribution is 5.92. The van der Waals surface area contributed by atoms with Crippen LogP contribution in [0.25, 0.3) is 33.9 Å². The molecule has 4 aromatic heterocycles. The van der Waals surface area contributed by atoms with Crippen LogP contribution in [-0.4, -0.2) is 44.5 Å².